The van der Waals surface area contributed by atoms with Crippen molar-refractivity contribution in [2.45, 2.75) is 16.2 Å². The van der Waals surface area contributed by atoms with Crippen LogP contribution in [0, 0.1) is 0 Å². The largest absolute Gasteiger partial charge is 0.493 e. The first-order chi connectivity index (χ1) is 11.0. The molecule has 2 heterocycles. The molecule has 0 bridgehead atoms. The maximum absolute atomic E-state index is 12.4. The van der Waals surface area contributed by atoms with Gasteiger partial charge in [0.1, 0.15) is 15.6 Å². The summed E-state index contributed by atoms with van der Waals surface area (Å²) in [6.07, 6.45) is 0.581. The molecule has 0 radical (unpaired) electrons. The van der Waals surface area contributed by atoms with Gasteiger partial charge in [-0.1, -0.05) is 18.2 Å². The predicted octanol–water partition coefficient (Wildman–Crippen LogP) is 3.11. The molecule has 0 aliphatic carbocycles. The van der Waals surface area contributed by atoms with Crippen molar-refractivity contribution in [3.63, 3.8) is 0 Å². The number of nitrogens with one attached hydrogen (secondary N) is 1. The molecule has 0 fully saturated rings. The second-order valence-electron chi connectivity index (χ2n) is 5.18. The van der Waals surface area contributed by atoms with E-state index < -0.39 is 15.6 Å². The van der Waals surface area contributed by atoms with E-state index in [1.165, 1.54) is 11.3 Å². The van der Waals surface area contributed by atoms with Gasteiger partial charge >= 0.3 is 0 Å². The van der Waals surface area contributed by atoms with Gasteiger partial charge in [-0.3, -0.25) is 0 Å². The zero-order valence-electron chi connectivity index (χ0n) is 12.4. The molecule has 1 N–H and O–H groups in total. The lowest BCUT2D eigenvalue weighted by Gasteiger charge is -2.37. The molecule has 0 saturated carbocycles. The van der Waals surface area contributed by atoms with Crippen LogP contribution in [0.3, 0.4) is 0 Å². The molecule has 0 saturated heterocycles. The third-order valence-electron chi connectivity index (χ3n) is 3.89. The first kappa shape index (κ1) is 16.9. The number of benzene rings is 1. The molecule has 23 heavy (non-hydrogen) atoms. The van der Waals surface area contributed by atoms with Gasteiger partial charge in [0.2, 0.25) is 10.0 Å². The second kappa shape index (κ2) is 6.52. The Kier molecular flexibility index (Phi) is 4.80. The lowest BCUT2D eigenvalue weighted by molar-refractivity contribution is -0.0395. The summed E-state index contributed by atoms with van der Waals surface area (Å²) in [6, 6.07) is 10.9. The monoisotopic (exact) mass is 417 g/mol. The Bertz CT molecular complexity index is 805. The third-order valence-corrected chi connectivity index (χ3v) is 7.41. The molecule has 1 aromatic heterocycles. The molecule has 0 spiro atoms. The van der Waals surface area contributed by atoms with Crippen LogP contribution in [0.5, 0.6) is 5.75 Å². The smallest absolute Gasteiger partial charge is 0.250 e. The van der Waals surface area contributed by atoms with Gasteiger partial charge in [-0.2, -0.15) is 0 Å². The van der Waals surface area contributed by atoms with Gasteiger partial charge in [-0.05, 0) is 34.1 Å². The molecule has 3 rings (SSSR count). The molecule has 1 aromatic carbocycles. The van der Waals surface area contributed by atoms with Crippen LogP contribution in [-0.2, 0) is 20.4 Å². The zero-order chi connectivity index (χ0) is 16.5. The summed E-state index contributed by atoms with van der Waals surface area (Å²) in [7, 11) is -1.98. The average Bonchev–Trinajstić information content (AvgIpc) is 3.00. The number of hydrogen-bond donors (Lipinski definition) is 1. The normalized spacial score (nSPS) is 20.8. The highest BCUT2D eigenvalue weighted by molar-refractivity contribution is 9.11. The fraction of sp³-hybridized carbons (Fsp3) is 0.333. The summed E-state index contributed by atoms with van der Waals surface area (Å²) in [5.74, 6) is 0.735. The number of methoxy groups -OCH3 is 1. The summed E-state index contributed by atoms with van der Waals surface area (Å²) >= 11 is 4.46. The summed E-state index contributed by atoms with van der Waals surface area (Å²) in [4.78, 5) is 0. The molecular weight excluding hydrogens is 402 g/mol. The number of para-hydroxylation sites is 1. The molecule has 124 valence electrons. The van der Waals surface area contributed by atoms with E-state index in [0.29, 0.717) is 13.0 Å². The second-order valence-corrected chi connectivity index (χ2v) is 9.63. The van der Waals surface area contributed by atoms with Gasteiger partial charge in [0.05, 0.1) is 10.4 Å². The Morgan fingerprint density at radius 1 is 1.35 bits per heavy atom. The van der Waals surface area contributed by atoms with Gasteiger partial charge in [0.25, 0.3) is 0 Å². The van der Waals surface area contributed by atoms with Gasteiger partial charge in [0.15, 0.2) is 0 Å². The summed E-state index contributed by atoms with van der Waals surface area (Å²) < 4.78 is 40.0. The van der Waals surface area contributed by atoms with Gasteiger partial charge in [-0.15, -0.1) is 11.3 Å². The van der Waals surface area contributed by atoms with Crippen molar-refractivity contribution in [3.8, 4) is 5.75 Å². The third kappa shape index (κ3) is 3.32. The summed E-state index contributed by atoms with van der Waals surface area (Å²) in [6.45, 7) is 0.638. The van der Waals surface area contributed by atoms with Crippen LogP contribution in [0.25, 0.3) is 0 Å². The van der Waals surface area contributed by atoms with Crippen LogP contribution in [0.15, 0.2) is 44.4 Å². The number of halogens is 1. The standard InChI is InChI=1S/C15H16BrNO4S2/c1-20-15(8-9-21-12-5-3-2-4-11(12)15)10-17-23(18,19)14-7-6-13(16)22-14/h2-7,17H,8-10H2,1H3. The molecule has 1 aliphatic rings. The van der Waals surface area contributed by atoms with Crippen molar-refractivity contribution < 1.29 is 17.9 Å². The van der Waals surface area contributed by atoms with Crippen LogP contribution < -0.4 is 9.46 Å². The summed E-state index contributed by atoms with van der Waals surface area (Å²) in [5.41, 5.74) is 0.139. The van der Waals surface area contributed by atoms with Crippen LogP contribution in [0.1, 0.15) is 12.0 Å². The van der Waals surface area contributed by atoms with E-state index in [-0.39, 0.29) is 10.8 Å². The highest BCUT2D eigenvalue weighted by Gasteiger charge is 2.39. The quantitative estimate of drug-likeness (QED) is 0.811. The first-order valence-electron chi connectivity index (χ1n) is 6.99. The minimum absolute atomic E-state index is 0.154. The van der Waals surface area contributed by atoms with E-state index in [2.05, 4.69) is 20.7 Å². The van der Waals surface area contributed by atoms with Crippen molar-refractivity contribution in [1.82, 2.24) is 4.72 Å². The number of rotatable bonds is 5. The van der Waals surface area contributed by atoms with E-state index in [1.54, 1.807) is 19.2 Å². The number of ether oxygens (including phenoxy) is 2. The molecular formula is C15H16BrNO4S2. The fourth-order valence-corrected chi connectivity index (χ4v) is 5.76. The Morgan fingerprint density at radius 3 is 2.83 bits per heavy atom. The van der Waals surface area contributed by atoms with E-state index in [4.69, 9.17) is 9.47 Å². The van der Waals surface area contributed by atoms with Crippen LogP contribution >= 0.6 is 27.3 Å². The fourth-order valence-electron chi connectivity index (χ4n) is 2.62. The van der Waals surface area contributed by atoms with Crippen molar-refractivity contribution >= 4 is 37.3 Å². The minimum atomic E-state index is -3.57. The van der Waals surface area contributed by atoms with Crippen molar-refractivity contribution in [3.05, 3.63) is 45.7 Å². The Labute approximate surface area is 147 Å². The van der Waals surface area contributed by atoms with Gasteiger partial charge in [0, 0.05) is 25.6 Å². The molecule has 1 aliphatic heterocycles. The average molecular weight is 418 g/mol. The molecule has 2 aromatic rings. The van der Waals surface area contributed by atoms with Crippen molar-refractivity contribution in [2.75, 3.05) is 20.3 Å². The van der Waals surface area contributed by atoms with E-state index in [0.717, 1.165) is 15.1 Å². The lowest BCUT2D eigenvalue weighted by atomic mass is 9.88. The highest BCUT2D eigenvalue weighted by Crippen LogP contribution is 2.39. The molecule has 0 amide bonds. The number of hydrogen-bond acceptors (Lipinski definition) is 5. The van der Waals surface area contributed by atoms with Crippen molar-refractivity contribution in [1.29, 1.82) is 0 Å². The number of thiophene rings is 1. The molecule has 5 nitrogen and oxygen atoms in total. The maximum atomic E-state index is 12.4. The van der Waals surface area contributed by atoms with Crippen molar-refractivity contribution in [2.24, 2.45) is 0 Å². The number of fused-ring (bicyclic) bond motifs is 1. The predicted molar refractivity (Wildman–Crippen MR) is 92.4 cm³/mol. The van der Waals surface area contributed by atoms with E-state index >= 15 is 0 Å². The van der Waals surface area contributed by atoms with Crippen LogP contribution in [0.4, 0.5) is 0 Å². The van der Waals surface area contributed by atoms with Gasteiger partial charge in [-0.25, -0.2) is 13.1 Å². The molecule has 1 unspecified atom stereocenters. The Morgan fingerprint density at radius 2 is 2.13 bits per heavy atom. The van der Waals surface area contributed by atoms with E-state index in [1.807, 2.05) is 24.3 Å². The van der Waals surface area contributed by atoms with E-state index in [9.17, 15) is 8.42 Å². The first-order valence-corrected chi connectivity index (χ1v) is 10.1. The van der Waals surface area contributed by atoms with Crippen LogP contribution in [0.2, 0.25) is 0 Å². The van der Waals surface area contributed by atoms with Crippen LogP contribution in [-0.4, -0.2) is 28.7 Å². The van der Waals surface area contributed by atoms with Gasteiger partial charge < -0.3 is 9.47 Å². The minimum Gasteiger partial charge on any atom is -0.493 e. The zero-order valence-corrected chi connectivity index (χ0v) is 15.6. The SMILES string of the molecule is COC1(CNS(=O)(=O)c2ccc(Br)s2)CCOc2ccccc21. The maximum Gasteiger partial charge on any atom is 0.250 e. The lowest BCUT2D eigenvalue weighted by Crippen LogP contribution is -2.45. The highest BCUT2D eigenvalue weighted by atomic mass is 79.9. The Hall–Kier alpha value is -0.930. The topological polar surface area (TPSA) is 64.6 Å². The molecule has 8 heteroatoms. The number of sulfonamides is 1. The molecule has 1 atom stereocenters. The summed E-state index contributed by atoms with van der Waals surface area (Å²) in [5, 5.41) is 0. The Balaban J connectivity index is 1.86.